The molecule has 4 heteroatoms. The lowest BCUT2D eigenvalue weighted by Crippen LogP contribution is -2.24. The standard InChI is InChI=1S/C16H23N3S/c1-5-8-17-15(16-12(3)19-13(4)20-16)9-14-7-6-11(2)10-18-14/h6-7,10,15,17H,5,8-9H2,1-4H3. The van der Waals surface area contributed by atoms with E-state index in [-0.39, 0.29) is 0 Å². The number of aromatic nitrogens is 2. The number of thiazole rings is 1. The second kappa shape index (κ2) is 6.95. The van der Waals surface area contributed by atoms with Crippen LogP contribution >= 0.6 is 11.3 Å². The van der Waals surface area contributed by atoms with Crippen LogP contribution in [0.5, 0.6) is 0 Å². The van der Waals surface area contributed by atoms with Gasteiger partial charge in [0, 0.05) is 29.2 Å². The predicted molar refractivity (Wildman–Crippen MR) is 85.3 cm³/mol. The molecule has 0 saturated heterocycles. The minimum atomic E-state index is 0.316. The van der Waals surface area contributed by atoms with Crippen LogP contribution in [0.2, 0.25) is 0 Å². The zero-order valence-electron chi connectivity index (χ0n) is 12.7. The van der Waals surface area contributed by atoms with Crippen molar-refractivity contribution in [3.8, 4) is 0 Å². The molecule has 0 radical (unpaired) electrons. The minimum Gasteiger partial charge on any atom is -0.309 e. The van der Waals surface area contributed by atoms with E-state index in [1.165, 1.54) is 10.4 Å². The Morgan fingerprint density at radius 3 is 2.60 bits per heavy atom. The first-order valence-electron chi connectivity index (χ1n) is 7.19. The monoisotopic (exact) mass is 289 g/mol. The molecule has 1 N–H and O–H groups in total. The van der Waals surface area contributed by atoms with Gasteiger partial charge in [0.05, 0.1) is 10.7 Å². The van der Waals surface area contributed by atoms with E-state index in [0.717, 1.165) is 35.8 Å². The summed E-state index contributed by atoms with van der Waals surface area (Å²) in [4.78, 5) is 10.4. The lowest BCUT2D eigenvalue weighted by atomic mass is 10.1. The Balaban J connectivity index is 2.19. The van der Waals surface area contributed by atoms with Crippen molar-refractivity contribution in [2.24, 2.45) is 0 Å². The van der Waals surface area contributed by atoms with E-state index in [4.69, 9.17) is 0 Å². The van der Waals surface area contributed by atoms with Gasteiger partial charge in [0.2, 0.25) is 0 Å². The predicted octanol–water partition coefficient (Wildman–Crippen LogP) is 3.75. The van der Waals surface area contributed by atoms with Gasteiger partial charge in [-0.3, -0.25) is 4.98 Å². The molecule has 0 aliphatic rings. The number of hydrogen-bond donors (Lipinski definition) is 1. The third-order valence-electron chi connectivity index (χ3n) is 3.28. The molecule has 3 nitrogen and oxygen atoms in total. The molecule has 0 fully saturated rings. The third-order valence-corrected chi connectivity index (χ3v) is 4.47. The summed E-state index contributed by atoms with van der Waals surface area (Å²) in [5, 5.41) is 4.77. The molecule has 0 amide bonds. The summed E-state index contributed by atoms with van der Waals surface area (Å²) in [6, 6.07) is 4.57. The Morgan fingerprint density at radius 1 is 1.25 bits per heavy atom. The van der Waals surface area contributed by atoms with E-state index < -0.39 is 0 Å². The van der Waals surface area contributed by atoms with E-state index in [9.17, 15) is 0 Å². The van der Waals surface area contributed by atoms with Crippen LogP contribution in [-0.4, -0.2) is 16.5 Å². The van der Waals surface area contributed by atoms with Crippen molar-refractivity contribution in [1.82, 2.24) is 15.3 Å². The summed E-state index contributed by atoms with van der Waals surface area (Å²) in [6.45, 7) is 9.45. The summed E-state index contributed by atoms with van der Waals surface area (Å²) in [5.41, 5.74) is 3.49. The maximum atomic E-state index is 4.55. The second-order valence-corrected chi connectivity index (χ2v) is 6.46. The number of aryl methyl sites for hydroxylation is 3. The van der Waals surface area contributed by atoms with Gasteiger partial charge < -0.3 is 5.32 Å². The average Bonchev–Trinajstić information content (AvgIpc) is 2.76. The Labute approximate surface area is 125 Å². The van der Waals surface area contributed by atoms with Crippen LogP contribution in [0.15, 0.2) is 18.3 Å². The summed E-state index contributed by atoms with van der Waals surface area (Å²) in [5.74, 6) is 0. The van der Waals surface area contributed by atoms with Crippen LogP contribution in [0.25, 0.3) is 0 Å². The van der Waals surface area contributed by atoms with Gasteiger partial charge in [-0.2, -0.15) is 0 Å². The highest BCUT2D eigenvalue weighted by Crippen LogP contribution is 2.27. The zero-order valence-corrected chi connectivity index (χ0v) is 13.5. The number of nitrogens with zero attached hydrogens (tertiary/aromatic N) is 2. The van der Waals surface area contributed by atoms with E-state index in [2.05, 4.69) is 55.1 Å². The average molecular weight is 289 g/mol. The first-order valence-corrected chi connectivity index (χ1v) is 8.00. The summed E-state index contributed by atoms with van der Waals surface area (Å²) in [6.07, 6.45) is 3.99. The SMILES string of the molecule is CCCNC(Cc1ccc(C)cn1)c1sc(C)nc1C. The molecule has 20 heavy (non-hydrogen) atoms. The number of pyridine rings is 1. The Morgan fingerprint density at radius 2 is 2.05 bits per heavy atom. The minimum absolute atomic E-state index is 0.316. The topological polar surface area (TPSA) is 37.8 Å². The quantitative estimate of drug-likeness (QED) is 0.880. The molecule has 0 saturated carbocycles. The van der Waals surface area contributed by atoms with Crippen molar-refractivity contribution >= 4 is 11.3 Å². The molecule has 0 aliphatic carbocycles. The van der Waals surface area contributed by atoms with Crippen LogP contribution < -0.4 is 5.32 Å². The second-order valence-electron chi connectivity index (χ2n) is 5.22. The zero-order chi connectivity index (χ0) is 14.5. The van der Waals surface area contributed by atoms with Gasteiger partial charge in [-0.15, -0.1) is 11.3 Å². The van der Waals surface area contributed by atoms with E-state index >= 15 is 0 Å². The fourth-order valence-electron chi connectivity index (χ4n) is 2.27. The molecule has 0 spiro atoms. The molecule has 0 aliphatic heterocycles. The largest absolute Gasteiger partial charge is 0.309 e. The van der Waals surface area contributed by atoms with Crippen molar-refractivity contribution in [3.05, 3.63) is 45.2 Å². The highest BCUT2D eigenvalue weighted by molar-refractivity contribution is 7.11. The molecule has 2 aromatic heterocycles. The third kappa shape index (κ3) is 3.87. The number of hydrogen-bond acceptors (Lipinski definition) is 4. The molecular weight excluding hydrogens is 266 g/mol. The van der Waals surface area contributed by atoms with Crippen LogP contribution in [0.1, 0.15) is 46.2 Å². The summed E-state index contributed by atoms with van der Waals surface area (Å²) >= 11 is 1.79. The first-order chi connectivity index (χ1) is 9.60. The maximum absolute atomic E-state index is 4.55. The van der Waals surface area contributed by atoms with Crippen molar-refractivity contribution in [2.75, 3.05) is 6.54 Å². The molecule has 1 atom stereocenters. The summed E-state index contributed by atoms with van der Waals surface area (Å²) < 4.78 is 0. The van der Waals surface area contributed by atoms with Crippen LogP contribution in [-0.2, 0) is 6.42 Å². The first kappa shape index (κ1) is 15.1. The van der Waals surface area contributed by atoms with Gasteiger partial charge in [0.1, 0.15) is 0 Å². The molecule has 2 heterocycles. The molecule has 2 aromatic rings. The normalized spacial score (nSPS) is 12.6. The molecule has 0 aromatic carbocycles. The molecule has 2 rings (SSSR count). The Kier molecular flexibility index (Phi) is 5.26. The van der Waals surface area contributed by atoms with E-state index in [1.807, 2.05) is 6.20 Å². The fraction of sp³-hybridized carbons (Fsp3) is 0.500. The van der Waals surface area contributed by atoms with Crippen molar-refractivity contribution in [1.29, 1.82) is 0 Å². The molecular formula is C16H23N3S. The van der Waals surface area contributed by atoms with Crippen molar-refractivity contribution in [3.63, 3.8) is 0 Å². The van der Waals surface area contributed by atoms with Gasteiger partial charge in [-0.25, -0.2) is 4.98 Å². The highest BCUT2D eigenvalue weighted by atomic mass is 32.1. The van der Waals surface area contributed by atoms with Gasteiger partial charge in [-0.05, 0) is 45.4 Å². The van der Waals surface area contributed by atoms with Gasteiger partial charge in [0.15, 0.2) is 0 Å². The van der Waals surface area contributed by atoms with Gasteiger partial charge >= 0.3 is 0 Å². The highest BCUT2D eigenvalue weighted by Gasteiger charge is 2.18. The Bertz CT molecular complexity index is 545. The van der Waals surface area contributed by atoms with Crippen LogP contribution in [0.3, 0.4) is 0 Å². The van der Waals surface area contributed by atoms with Gasteiger partial charge in [-0.1, -0.05) is 13.0 Å². The van der Waals surface area contributed by atoms with Crippen LogP contribution in [0.4, 0.5) is 0 Å². The lowest BCUT2D eigenvalue weighted by molar-refractivity contribution is 0.529. The fourth-order valence-corrected chi connectivity index (χ4v) is 3.28. The molecule has 108 valence electrons. The van der Waals surface area contributed by atoms with Crippen LogP contribution in [0, 0.1) is 20.8 Å². The molecule has 0 bridgehead atoms. The lowest BCUT2D eigenvalue weighted by Gasteiger charge is -2.17. The Hall–Kier alpha value is -1.26. The number of rotatable bonds is 6. The maximum Gasteiger partial charge on any atom is 0.0900 e. The van der Waals surface area contributed by atoms with E-state index in [0.29, 0.717) is 6.04 Å². The van der Waals surface area contributed by atoms with Crippen molar-refractivity contribution < 1.29 is 0 Å². The smallest absolute Gasteiger partial charge is 0.0900 e. The summed E-state index contributed by atoms with van der Waals surface area (Å²) in [7, 11) is 0. The molecule has 1 unspecified atom stereocenters. The van der Waals surface area contributed by atoms with E-state index in [1.54, 1.807) is 11.3 Å². The van der Waals surface area contributed by atoms with Gasteiger partial charge in [0.25, 0.3) is 0 Å². The number of nitrogens with one attached hydrogen (secondary N) is 1. The van der Waals surface area contributed by atoms with Crippen molar-refractivity contribution in [2.45, 2.75) is 46.6 Å².